The van der Waals surface area contributed by atoms with Gasteiger partial charge in [-0.2, -0.15) is 0 Å². The molecule has 2 aromatic carbocycles. The van der Waals surface area contributed by atoms with Gasteiger partial charge in [-0.15, -0.1) is 10.2 Å². The molecule has 4 rings (SSSR count). The standard InChI is InChI=1S/C21H20ClF2N5O2S/c1-13(19(30)25-18-6-5-14(22)11-17(18)24)32-21-27-26-20(28-7-9-31-10-8-28)29(21)16-4-2-3-15(23)12-16/h2-6,11-13H,7-10H2,1H3,(H,25,30). The van der Waals surface area contributed by atoms with Crippen LogP contribution in [0.15, 0.2) is 47.6 Å². The molecule has 2 heterocycles. The number of thioether (sulfide) groups is 1. The molecule has 1 fully saturated rings. The monoisotopic (exact) mass is 479 g/mol. The van der Waals surface area contributed by atoms with E-state index in [1.165, 1.54) is 24.3 Å². The first-order valence-electron chi connectivity index (χ1n) is 9.89. The van der Waals surface area contributed by atoms with Crippen LogP contribution >= 0.6 is 23.4 Å². The van der Waals surface area contributed by atoms with Crippen LogP contribution in [0.5, 0.6) is 0 Å². The fourth-order valence-corrected chi connectivity index (χ4v) is 4.21. The number of nitrogens with zero attached hydrogens (tertiary/aromatic N) is 4. The molecule has 1 atom stereocenters. The van der Waals surface area contributed by atoms with Gasteiger partial charge >= 0.3 is 0 Å². The van der Waals surface area contributed by atoms with E-state index in [1.807, 2.05) is 4.90 Å². The van der Waals surface area contributed by atoms with Crippen molar-refractivity contribution >= 4 is 40.9 Å². The number of carbonyl (C=O) groups excluding carboxylic acids is 1. The Kier molecular flexibility index (Phi) is 6.92. The van der Waals surface area contributed by atoms with Gasteiger partial charge in [0.2, 0.25) is 11.9 Å². The first-order valence-corrected chi connectivity index (χ1v) is 11.1. The molecule has 0 radical (unpaired) electrons. The molecule has 168 valence electrons. The summed E-state index contributed by atoms with van der Waals surface area (Å²) in [5.74, 6) is -0.902. The number of anilines is 2. The number of amides is 1. The van der Waals surface area contributed by atoms with Gasteiger partial charge in [0.05, 0.1) is 29.8 Å². The Morgan fingerprint density at radius 2 is 1.97 bits per heavy atom. The second-order valence-electron chi connectivity index (χ2n) is 7.07. The summed E-state index contributed by atoms with van der Waals surface area (Å²) < 4.78 is 35.1. The number of aromatic nitrogens is 3. The largest absolute Gasteiger partial charge is 0.378 e. The summed E-state index contributed by atoms with van der Waals surface area (Å²) in [6, 6.07) is 10.1. The molecule has 0 aliphatic carbocycles. The van der Waals surface area contributed by atoms with Crippen molar-refractivity contribution in [2.24, 2.45) is 0 Å². The molecule has 11 heteroatoms. The van der Waals surface area contributed by atoms with E-state index in [2.05, 4.69) is 15.5 Å². The Hall–Kier alpha value is -2.69. The van der Waals surface area contributed by atoms with Crippen molar-refractivity contribution in [3.63, 3.8) is 0 Å². The Morgan fingerprint density at radius 3 is 2.69 bits per heavy atom. The van der Waals surface area contributed by atoms with Crippen LogP contribution in [0.25, 0.3) is 5.69 Å². The summed E-state index contributed by atoms with van der Waals surface area (Å²) in [4.78, 5) is 14.7. The summed E-state index contributed by atoms with van der Waals surface area (Å²) in [6.45, 7) is 3.99. The molecule has 1 aromatic heterocycles. The van der Waals surface area contributed by atoms with E-state index in [0.717, 1.165) is 17.8 Å². The third kappa shape index (κ3) is 5.03. The zero-order chi connectivity index (χ0) is 22.7. The summed E-state index contributed by atoms with van der Waals surface area (Å²) in [5.41, 5.74) is 0.572. The van der Waals surface area contributed by atoms with Crippen molar-refractivity contribution in [3.05, 3.63) is 59.1 Å². The van der Waals surface area contributed by atoms with E-state index in [-0.39, 0.29) is 10.7 Å². The highest BCUT2D eigenvalue weighted by Crippen LogP contribution is 2.30. The summed E-state index contributed by atoms with van der Waals surface area (Å²) in [5, 5.41) is 11.1. The quantitative estimate of drug-likeness (QED) is 0.535. The number of hydrogen-bond donors (Lipinski definition) is 1. The number of rotatable bonds is 6. The minimum atomic E-state index is -0.640. The molecule has 1 unspecified atom stereocenters. The Morgan fingerprint density at radius 1 is 1.19 bits per heavy atom. The molecular weight excluding hydrogens is 460 g/mol. The second-order valence-corrected chi connectivity index (χ2v) is 8.82. The number of nitrogens with one attached hydrogen (secondary N) is 1. The molecule has 0 bridgehead atoms. The van der Waals surface area contributed by atoms with Gasteiger partial charge < -0.3 is 15.0 Å². The molecule has 3 aromatic rings. The molecule has 7 nitrogen and oxygen atoms in total. The van der Waals surface area contributed by atoms with Gasteiger partial charge in [0.15, 0.2) is 5.16 Å². The minimum absolute atomic E-state index is 0.0347. The van der Waals surface area contributed by atoms with Crippen LogP contribution in [0.1, 0.15) is 6.92 Å². The molecule has 32 heavy (non-hydrogen) atoms. The topological polar surface area (TPSA) is 72.3 Å². The maximum absolute atomic E-state index is 14.0. The fourth-order valence-electron chi connectivity index (χ4n) is 3.18. The van der Waals surface area contributed by atoms with Crippen molar-refractivity contribution < 1.29 is 18.3 Å². The highest BCUT2D eigenvalue weighted by atomic mass is 35.5. The van der Waals surface area contributed by atoms with Crippen molar-refractivity contribution in [1.29, 1.82) is 0 Å². The van der Waals surface area contributed by atoms with Gasteiger partial charge in [0.1, 0.15) is 11.6 Å². The average molecular weight is 480 g/mol. The zero-order valence-corrected chi connectivity index (χ0v) is 18.7. The van der Waals surface area contributed by atoms with Gasteiger partial charge in [-0.05, 0) is 43.3 Å². The van der Waals surface area contributed by atoms with E-state index in [0.29, 0.717) is 43.1 Å². The van der Waals surface area contributed by atoms with E-state index < -0.39 is 22.8 Å². The van der Waals surface area contributed by atoms with Crippen LogP contribution in [0.3, 0.4) is 0 Å². The van der Waals surface area contributed by atoms with Gasteiger partial charge in [0, 0.05) is 18.1 Å². The second kappa shape index (κ2) is 9.85. The van der Waals surface area contributed by atoms with Crippen molar-refractivity contribution in [3.8, 4) is 5.69 Å². The molecule has 1 aliphatic rings. The third-order valence-electron chi connectivity index (χ3n) is 4.82. The van der Waals surface area contributed by atoms with Crippen molar-refractivity contribution in [1.82, 2.24) is 14.8 Å². The van der Waals surface area contributed by atoms with Crippen LogP contribution in [-0.4, -0.2) is 52.2 Å². The van der Waals surface area contributed by atoms with Crippen LogP contribution < -0.4 is 10.2 Å². The number of hydrogen-bond acceptors (Lipinski definition) is 6. The summed E-state index contributed by atoms with van der Waals surface area (Å²) >= 11 is 6.90. The minimum Gasteiger partial charge on any atom is -0.378 e. The molecule has 1 amide bonds. The molecule has 1 N–H and O–H groups in total. The van der Waals surface area contributed by atoms with Gasteiger partial charge in [-0.3, -0.25) is 9.36 Å². The van der Waals surface area contributed by atoms with Gasteiger partial charge in [0.25, 0.3) is 0 Å². The predicted octanol–water partition coefficient (Wildman–Crippen LogP) is 4.15. The van der Waals surface area contributed by atoms with Crippen LogP contribution in [0.2, 0.25) is 5.02 Å². The van der Waals surface area contributed by atoms with Crippen molar-refractivity contribution in [2.45, 2.75) is 17.3 Å². The molecule has 1 saturated heterocycles. The van der Waals surface area contributed by atoms with Gasteiger partial charge in [-0.25, -0.2) is 8.78 Å². The lowest BCUT2D eigenvalue weighted by atomic mass is 10.3. The number of halogens is 3. The Labute approximate surface area is 192 Å². The molecule has 0 saturated carbocycles. The lowest BCUT2D eigenvalue weighted by Crippen LogP contribution is -2.38. The van der Waals surface area contributed by atoms with Crippen LogP contribution in [-0.2, 0) is 9.53 Å². The third-order valence-corrected chi connectivity index (χ3v) is 6.09. The average Bonchev–Trinajstić information content (AvgIpc) is 3.19. The number of morpholine rings is 1. The first kappa shape index (κ1) is 22.5. The van der Waals surface area contributed by atoms with E-state index in [4.69, 9.17) is 16.3 Å². The maximum Gasteiger partial charge on any atom is 0.237 e. The Balaban J connectivity index is 1.59. The normalized spacial score (nSPS) is 14.9. The number of carbonyl (C=O) groups is 1. The zero-order valence-electron chi connectivity index (χ0n) is 17.1. The van der Waals surface area contributed by atoms with E-state index in [1.54, 1.807) is 23.6 Å². The lowest BCUT2D eigenvalue weighted by Gasteiger charge is -2.28. The van der Waals surface area contributed by atoms with Crippen LogP contribution in [0.4, 0.5) is 20.4 Å². The fraction of sp³-hybridized carbons (Fsp3) is 0.286. The molecule has 0 spiro atoms. The predicted molar refractivity (Wildman–Crippen MR) is 120 cm³/mol. The first-order chi connectivity index (χ1) is 15.4. The highest BCUT2D eigenvalue weighted by Gasteiger charge is 2.25. The lowest BCUT2D eigenvalue weighted by molar-refractivity contribution is -0.115. The van der Waals surface area contributed by atoms with E-state index in [9.17, 15) is 13.6 Å². The smallest absolute Gasteiger partial charge is 0.237 e. The molecule has 1 aliphatic heterocycles. The number of ether oxygens (including phenoxy) is 1. The number of benzene rings is 2. The highest BCUT2D eigenvalue weighted by molar-refractivity contribution is 8.00. The van der Waals surface area contributed by atoms with Crippen molar-refractivity contribution in [2.75, 3.05) is 36.5 Å². The summed E-state index contributed by atoms with van der Waals surface area (Å²) in [6.07, 6.45) is 0. The van der Waals surface area contributed by atoms with E-state index >= 15 is 0 Å². The maximum atomic E-state index is 14.0. The summed E-state index contributed by atoms with van der Waals surface area (Å²) in [7, 11) is 0. The van der Waals surface area contributed by atoms with Gasteiger partial charge in [-0.1, -0.05) is 29.4 Å². The SMILES string of the molecule is CC(Sc1nnc(N2CCOCC2)n1-c1cccc(F)c1)C(=O)Nc1ccc(Cl)cc1F. The molecular formula is C21H20ClF2N5O2S. The Bertz CT molecular complexity index is 1120. The van der Waals surface area contributed by atoms with Crippen LogP contribution in [0, 0.1) is 11.6 Å².